The molecule has 0 bridgehead atoms. The molecule has 18 heavy (non-hydrogen) atoms. The Balaban J connectivity index is 1.68. The summed E-state index contributed by atoms with van der Waals surface area (Å²) in [6.07, 6.45) is 6.51. The van der Waals surface area contributed by atoms with Crippen molar-refractivity contribution in [3.63, 3.8) is 0 Å². The molecule has 1 aromatic rings. The first-order chi connectivity index (χ1) is 8.75. The number of benzene rings is 1. The van der Waals surface area contributed by atoms with E-state index in [9.17, 15) is 4.39 Å². The fourth-order valence-electron chi connectivity index (χ4n) is 2.32. The standard InChI is InChI=1S/C14H19BrFNO/c15-11-6-7-14(13(16)10-11)18-9-8-17-12-4-2-1-3-5-12/h6-7,10,12,17H,1-5,8-9H2. The Hall–Kier alpha value is -0.610. The summed E-state index contributed by atoms with van der Waals surface area (Å²) < 4.78 is 19.6. The van der Waals surface area contributed by atoms with Gasteiger partial charge in [-0.2, -0.15) is 0 Å². The lowest BCUT2D eigenvalue weighted by molar-refractivity contribution is 0.279. The highest BCUT2D eigenvalue weighted by Gasteiger charge is 2.12. The molecule has 1 aromatic carbocycles. The molecule has 0 atom stereocenters. The first-order valence-electron chi connectivity index (χ1n) is 6.57. The van der Waals surface area contributed by atoms with Crippen LogP contribution in [0.2, 0.25) is 0 Å². The van der Waals surface area contributed by atoms with Crippen molar-refractivity contribution in [2.45, 2.75) is 38.1 Å². The fourth-order valence-corrected chi connectivity index (χ4v) is 2.66. The number of nitrogens with one attached hydrogen (secondary N) is 1. The van der Waals surface area contributed by atoms with Crippen LogP contribution in [-0.2, 0) is 0 Å². The van der Waals surface area contributed by atoms with Gasteiger partial charge in [0.05, 0.1) is 0 Å². The molecule has 1 aliphatic rings. The molecule has 1 aliphatic carbocycles. The van der Waals surface area contributed by atoms with Crippen LogP contribution in [0.3, 0.4) is 0 Å². The van der Waals surface area contributed by atoms with Crippen LogP contribution in [-0.4, -0.2) is 19.2 Å². The minimum atomic E-state index is -0.318. The summed E-state index contributed by atoms with van der Waals surface area (Å²) in [6.45, 7) is 1.29. The molecule has 0 heterocycles. The van der Waals surface area contributed by atoms with E-state index in [0.717, 1.165) is 11.0 Å². The lowest BCUT2D eigenvalue weighted by Crippen LogP contribution is -2.34. The van der Waals surface area contributed by atoms with Gasteiger partial charge in [-0.25, -0.2) is 4.39 Å². The van der Waals surface area contributed by atoms with Crippen LogP contribution >= 0.6 is 15.9 Å². The smallest absolute Gasteiger partial charge is 0.166 e. The van der Waals surface area contributed by atoms with E-state index in [2.05, 4.69) is 21.2 Å². The fraction of sp³-hybridized carbons (Fsp3) is 0.571. The zero-order chi connectivity index (χ0) is 12.8. The van der Waals surface area contributed by atoms with Crippen LogP contribution in [0.5, 0.6) is 5.75 Å². The zero-order valence-electron chi connectivity index (χ0n) is 10.4. The highest BCUT2D eigenvalue weighted by molar-refractivity contribution is 9.10. The summed E-state index contributed by atoms with van der Waals surface area (Å²) in [5, 5.41) is 3.47. The Bertz CT molecular complexity index is 380. The van der Waals surface area contributed by atoms with Crippen LogP contribution in [0.1, 0.15) is 32.1 Å². The maximum atomic E-state index is 13.5. The predicted molar refractivity (Wildman–Crippen MR) is 74.5 cm³/mol. The van der Waals surface area contributed by atoms with E-state index in [1.165, 1.54) is 38.2 Å². The maximum Gasteiger partial charge on any atom is 0.166 e. The third-order valence-electron chi connectivity index (χ3n) is 3.29. The molecule has 1 saturated carbocycles. The Morgan fingerprint density at radius 3 is 2.78 bits per heavy atom. The van der Waals surface area contributed by atoms with E-state index < -0.39 is 0 Å². The van der Waals surface area contributed by atoms with Crippen molar-refractivity contribution >= 4 is 15.9 Å². The van der Waals surface area contributed by atoms with Gasteiger partial charge >= 0.3 is 0 Å². The summed E-state index contributed by atoms with van der Waals surface area (Å²) in [7, 11) is 0. The van der Waals surface area contributed by atoms with Crippen LogP contribution in [0.15, 0.2) is 22.7 Å². The maximum absolute atomic E-state index is 13.5. The molecule has 1 fully saturated rings. The highest BCUT2D eigenvalue weighted by Crippen LogP contribution is 2.21. The van der Waals surface area contributed by atoms with Gasteiger partial charge in [0.2, 0.25) is 0 Å². The molecule has 0 saturated heterocycles. The predicted octanol–water partition coefficient (Wildman–Crippen LogP) is 3.89. The summed E-state index contributed by atoms with van der Waals surface area (Å²) in [4.78, 5) is 0. The second-order valence-electron chi connectivity index (χ2n) is 4.71. The number of rotatable bonds is 5. The second kappa shape index (κ2) is 7.10. The van der Waals surface area contributed by atoms with Crippen molar-refractivity contribution in [3.8, 4) is 5.75 Å². The largest absolute Gasteiger partial charge is 0.489 e. The summed E-state index contributed by atoms with van der Waals surface area (Å²) in [5.74, 6) is 0.00526. The number of hydrogen-bond acceptors (Lipinski definition) is 2. The van der Waals surface area contributed by atoms with Crippen molar-refractivity contribution in [2.75, 3.05) is 13.2 Å². The summed E-state index contributed by atoms with van der Waals surface area (Å²) in [6, 6.07) is 5.48. The molecule has 0 aromatic heterocycles. The van der Waals surface area contributed by atoms with Crippen molar-refractivity contribution in [1.29, 1.82) is 0 Å². The Labute approximate surface area is 116 Å². The molecule has 2 nitrogen and oxygen atoms in total. The van der Waals surface area contributed by atoms with E-state index in [-0.39, 0.29) is 5.82 Å². The Morgan fingerprint density at radius 1 is 1.28 bits per heavy atom. The van der Waals surface area contributed by atoms with Gasteiger partial charge in [-0.05, 0) is 31.0 Å². The van der Waals surface area contributed by atoms with Gasteiger partial charge in [0.1, 0.15) is 6.61 Å². The van der Waals surface area contributed by atoms with Gasteiger partial charge in [-0.1, -0.05) is 35.2 Å². The monoisotopic (exact) mass is 315 g/mol. The first kappa shape index (κ1) is 13.8. The molecule has 1 N–H and O–H groups in total. The number of ether oxygens (including phenoxy) is 1. The Morgan fingerprint density at radius 2 is 2.06 bits per heavy atom. The molecule has 100 valence electrons. The highest BCUT2D eigenvalue weighted by atomic mass is 79.9. The van der Waals surface area contributed by atoms with Crippen molar-refractivity contribution < 1.29 is 9.13 Å². The quantitative estimate of drug-likeness (QED) is 0.832. The molecule has 2 rings (SSSR count). The van der Waals surface area contributed by atoms with Crippen molar-refractivity contribution in [2.24, 2.45) is 0 Å². The van der Waals surface area contributed by atoms with Gasteiger partial charge in [0.15, 0.2) is 11.6 Å². The normalized spacial score (nSPS) is 16.8. The third kappa shape index (κ3) is 4.25. The molecular formula is C14H19BrFNO. The van der Waals surface area contributed by atoms with Gasteiger partial charge in [0, 0.05) is 17.1 Å². The molecule has 0 amide bonds. The average Bonchev–Trinajstić information content (AvgIpc) is 2.38. The van der Waals surface area contributed by atoms with Gasteiger partial charge in [-0.3, -0.25) is 0 Å². The summed E-state index contributed by atoms with van der Waals surface area (Å²) >= 11 is 3.22. The average molecular weight is 316 g/mol. The van der Waals surface area contributed by atoms with Crippen molar-refractivity contribution in [1.82, 2.24) is 5.32 Å². The molecule has 0 spiro atoms. The topological polar surface area (TPSA) is 21.3 Å². The molecular weight excluding hydrogens is 297 g/mol. The van der Waals surface area contributed by atoms with Crippen molar-refractivity contribution in [3.05, 3.63) is 28.5 Å². The molecule has 0 radical (unpaired) electrons. The third-order valence-corrected chi connectivity index (χ3v) is 3.78. The van der Waals surface area contributed by atoms with Gasteiger partial charge in [0.25, 0.3) is 0 Å². The zero-order valence-corrected chi connectivity index (χ0v) is 12.0. The second-order valence-corrected chi connectivity index (χ2v) is 5.63. The lowest BCUT2D eigenvalue weighted by Gasteiger charge is -2.22. The van der Waals surface area contributed by atoms with E-state index in [1.54, 1.807) is 12.1 Å². The number of hydrogen-bond donors (Lipinski definition) is 1. The van der Waals surface area contributed by atoms with E-state index in [1.807, 2.05) is 0 Å². The molecule has 0 unspecified atom stereocenters. The minimum absolute atomic E-state index is 0.318. The first-order valence-corrected chi connectivity index (χ1v) is 7.36. The number of halogens is 2. The molecule has 0 aliphatic heterocycles. The van der Waals surface area contributed by atoms with Crippen LogP contribution in [0, 0.1) is 5.82 Å². The lowest BCUT2D eigenvalue weighted by atomic mass is 9.96. The van der Waals surface area contributed by atoms with Crippen LogP contribution in [0.4, 0.5) is 4.39 Å². The van der Waals surface area contributed by atoms with E-state index in [0.29, 0.717) is 18.4 Å². The van der Waals surface area contributed by atoms with Gasteiger partial charge < -0.3 is 10.1 Å². The van der Waals surface area contributed by atoms with E-state index in [4.69, 9.17) is 4.74 Å². The van der Waals surface area contributed by atoms with Crippen LogP contribution in [0.25, 0.3) is 0 Å². The molecule has 4 heteroatoms. The minimum Gasteiger partial charge on any atom is -0.489 e. The summed E-state index contributed by atoms with van der Waals surface area (Å²) in [5.41, 5.74) is 0. The Kier molecular flexibility index (Phi) is 5.45. The SMILES string of the molecule is Fc1cc(Br)ccc1OCCNC1CCCCC1. The van der Waals surface area contributed by atoms with E-state index >= 15 is 0 Å². The van der Waals surface area contributed by atoms with Gasteiger partial charge in [-0.15, -0.1) is 0 Å². The van der Waals surface area contributed by atoms with Crippen LogP contribution < -0.4 is 10.1 Å².